The molecule has 0 unspecified atom stereocenters. The number of hydrogen-bond acceptors (Lipinski definition) is 3. The van der Waals surface area contributed by atoms with Crippen LogP contribution in [0.25, 0.3) is 0 Å². The molecule has 0 radical (unpaired) electrons. The van der Waals surface area contributed by atoms with Crippen molar-refractivity contribution in [1.29, 1.82) is 0 Å². The molecule has 1 atom stereocenters. The Kier molecular flexibility index (Phi) is 6.11. The van der Waals surface area contributed by atoms with Gasteiger partial charge in [0.15, 0.2) is 0 Å². The molecule has 1 saturated heterocycles. The largest absolute Gasteiger partial charge is 0.322 e. The van der Waals surface area contributed by atoms with Crippen molar-refractivity contribution in [2.24, 2.45) is 0 Å². The molecule has 0 aromatic heterocycles. The first-order chi connectivity index (χ1) is 14.6. The van der Waals surface area contributed by atoms with Crippen molar-refractivity contribution in [3.05, 3.63) is 94.5 Å². The summed E-state index contributed by atoms with van der Waals surface area (Å²) in [7, 11) is 0. The van der Waals surface area contributed by atoms with E-state index >= 15 is 0 Å². The average molecular weight is 437 g/mol. The van der Waals surface area contributed by atoms with Crippen LogP contribution in [0, 0.1) is 0 Å². The smallest absolute Gasteiger partial charge is 0.255 e. The van der Waals surface area contributed by atoms with Crippen LogP contribution < -0.4 is 10.2 Å². The van der Waals surface area contributed by atoms with Gasteiger partial charge in [0.1, 0.15) is 5.37 Å². The van der Waals surface area contributed by atoms with Gasteiger partial charge in [0.05, 0.1) is 5.75 Å². The first-order valence-electron chi connectivity index (χ1n) is 9.75. The van der Waals surface area contributed by atoms with Crippen molar-refractivity contribution in [2.75, 3.05) is 16.0 Å². The third-order valence-electron chi connectivity index (χ3n) is 5.06. The number of amides is 2. The molecule has 4 rings (SSSR count). The van der Waals surface area contributed by atoms with E-state index in [-0.39, 0.29) is 17.2 Å². The lowest BCUT2D eigenvalue weighted by molar-refractivity contribution is -0.115. The normalized spacial score (nSPS) is 16.0. The zero-order chi connectivity index (χ0) is 21.1. The van der Waals surface area contributed by atoms with Crippen LogP contribution in [0.1, 0.15) is 33.8 Å². The molecular weight excluding hydrogens is 416 g/mol. The van der Waals surface area contributed by atoms with E-state index in [1.54, 1.807) is 36.0 Å². The molecule has 1 heterocycles. The van der Waals surface area contributed by atoms with Gasteiger partial charge in [0.2, 0.25) is 5.91 Å². The summed E-state index contributed by atoms with van der Waals surface area (Å²) in [6, 6.07) is 22.5. The maximum atomic E-state index is 12.7. The SMILES string of the molecule is CCc1ccccc1N1C(=O)CS[C@H]1c1ccc(NC(=O)c2ccc(Cl)cc2)cc1. The van der Waals surface area contributed by atoms with Crippen molar-refractivity contribution >= 4 is 46.6 Å². The lowest BCUT2D eigenvalue weighted by Crippen LogP contribution is -2.28. The second-order valence-electron chi connectivity index (χ2n) is 6.99. The van der Waals surface area contributed by atoms with E-state index in [4.69, 9.17) is 11.6 Å². The van der Waals surface area contributed by atoms with Gasteiger partial charge in [0.25, 0.3) is 5.91 Å². The predicted molar refractivity (Wildman–Crippen MR) is 124 cm³/mol. The fraction of sp³-hybridized carbons (Fsp3) is 0.167. The lowest BCUT2D eigenvalue weighted by Gasteiger charge is -2.26. The molecule has 3 aromatic carbocycles. The van der Waals surface area contributed by atoms with Crippen LogP contribution >= 0.6 is 23.4 Å². The number of halogens is 1. The van der Waals surface area contributed by atoms with E-state index in [2.05, 4.69) is 18.3 Å². The maximum Gasteiger partial charge on any atom is 0.255 e. The highest BCUT2D eigenvalue weighted by Gasteiger charge is 2.34. The Labute approximate surface area is 185 Å². The van der Waals surface area contributed by atoms with Crippen molar-refractivity contribution in [2.45, 2.75) is 18.7 Å². The van der Waals surface area contributed by atoms with E-state index in [9.17, 15) is 9.59 Å². The monoisotopic (exact) mass is 436 g/mol. The van der Waals surface area contributed by atoms with Gasteiger partial charge in [0, 0.05) is 22.0 Å². The van der Waals surface area contributed by atoms with Gasteiger partial charge in [-0.2, -0.15) is 0 Å². The highest BCUT2D eigenvalue weighted by molar-refractivity contribution is 8.00. The number of anilines is 2. The fourth-order valence-corrected chi connectivity index (χ4v) is 4.81. The van der Waals surface area contributed by atoms with Gasteiger partial charge in [-0.1, -0.05) is 48.9 Å². The predicted octanol–water partition coefficient (Wildman–Crippen LogP) is 5.93. The van der Waals surface area contributed by atoms with Crippen LogP contribution in [0.2, 0.25) is 5.02 Å². The van der Waals surface area contributed by atoms with Gasteiger partial charge in [-0.15, -0.1) is 11.8 Å². The number of carbonyl (C=O) groups is 2. The second kappa shape index (κ2) is 8.94. The van der Waals surface area contributed by atoms with Gasteiger partial charge < -0.3 is 5.32 Å². The lowest BCUT2D eigenvalue weighted by atomic mass is 10.1. The molecule has 1 aliphatic heterocycles. The minimum absolute atomic E-state index is 0.0776. The standard InChI is InChI=1S/C24H21ClN2O2S/c1-2-16-5-3-4-6-21(16)27-22(28)15-30-24(27)18-9-13-20(14-10-18)26-23(29)17-7-11-19(25)12-8-17/h3-14,24H,2,15H2,1H3,(H,26,29)/t24-/m0/s1. The topological polar surface area (TPSA) is 49.4 Å². The first kappa shape index (κ1) is 20.5. The summed E-state index contributed by atoms with van der Waals surface area (Å²) >= 11 is 7.50. The molecule has 152 valence electrons. The van der Waals surface area contributed by atoms with Crippen LogP contribution in [-0.4, -0.2) is 17.6 Å². The van der Waals surface area contributed by atoms with E-state index in [1.807, 2.05) is 47.4 Å². The molecule has 0 aliphatic carbocycles. The maximum absolute atomic E-state index is 12.7. The fourth-order valence-electron chi connectivity index (χ4n) is 3.51. The summed E-state index contributed by atoms with van der Waals surface area (Å²) < 4.78 is 0. The van der Waals surface area contributed by atoms with E-state index in [1.165, 1.54) is 0 Å². The highest BCUT2D eigenvalue weighted by atomic mass is 35.5. The Hall–Kier alpha value is -2.76. The molecule has 1 fully saturated rings. The zero-order valence-corrected chi connectivity index (χ0v) is 18.0. The zero-order valence-electron chi connectivity index (χ0n) is 16.5. The first-order valence-corrected chi connectivity index (χ1v) is 11.2. The second-order valence-corrected chi connectivity index (χ2v) is 8.50. The van der Waals surface area contributed by atoms with Gasteiger partial charge in [-0.25, -0.2) is 0 Å². The third-order valence-corrected chi connectivity index (χ3v) is 6.52. The number of hydrogen-bond donors (Lipinski definition) is 1. The molecule has 4 nitrogen and oxygen atoms in total. The number of nitrogens with one attached hydrogen (secondary N) is 1. The number of rotatable bonds is 5. The van der Waals surface area contributed by atoms with E-state index in [0.717, 1.165) is 23.2 Å². The van der Waals surface area contributed by atoms with E-state index in [0.29, 0.717) is 22.0 Å². The molecule has 0 saturated carbocycles. The van der Waals surface area contributed by atoms with Crippen LogP contribution in [0.15, 0.2) is 72.8 Å². The molecule has 1 N–H and O–H groups in total. The molecule has 6 heteroatoms. The molecule has 2 amide bonds. The van der Waals surface area contributed by atoms with Crippen molar-refractivity contribution in [3.63, 3.8) is 0 Å². The molecule has 0 bridgehead atoms. The quantitative estimate of drug-likeness (QED) is 0.539. The van der Waals surface area contributed by atoms with Crippen LogP contribution in [0.4, 0.5) is 11.4 Å². The molecular formula is C24H21ClN2O2S. The minimum Gasteiger partial charge on any atom is -0.322 e. The molecule has 3 aromatic rings. The number of carbonyl (C=O) groups excluding carboxylic acids is 2. The van der Waals surface area contributed by atoms with Gasteiger partial charge in [-0.3, -0.25) is 14.5 Å². The van der Waals surface area contributed by atoms with Crippen molar-refractivity contribution in [3.8, 4) is 0 Å². The summed E-state index contributed by atoms with van der Waals surface area (Å²) in [6.45, 7) is 2.10. The summed E-state index contributed by atoms with van der Waals surface area (Å²) in [5.41, 5.74) is 4.41. The highest BCUT2D eigenvalue weighted by Crippen LogP contribution is 2.43. The number of aryl methyl sites for hydroxylation is 1. The molecule has 30 heavy (non-hydrogen) atoms. The summed E-state index contributed by atoms with van der Waals surface area (Å²) in [4.78, 5) is 27.0. The Morgan fingerprint density at radius 2 is 1.77 bits per heavy atom. The van der Waals surface area contributed by atoms with Crippen molar-refractivity contribution < 1.29 is 9.59 Å². The Morgan fingerprint density at radius 3 is 2.47 bits per heavy atom. The third kappa shape index (κ3) is 4.23. The minimum atomic E-state index is -0.191. The number of thioether (sulfide) groups is 1. The van der Waals surface area contributed by atoms with Crippen LogP contribution in [0.5, 0.6) is 0 Å². The number of para-hydroxylation sites is 1. The number of benzene rings is 3. The Morgan fingerprint density at radius 1 is 1.07 bits per heavy atom. The Balaban J connectivity index is 1.53. The average Bonchev–Trinajstić information content (AvgIpc) is 3.15. The van der Waals surface area contributed by atoms with Crippen LogP contribution in [0.3, 0.4) is 0 Å². The number of nitrogens with zero attached hydrogens (tertiary/aromatic N) is 1. The van der Waals surface area contributed by atoms with Gasteiger partial charge in [-0.05, 0) is 60.0 Å². The Bertz CT molecular complexity index is 1070. The molecule has 0 spiro atoms. The molecule has 1 aliphatic rings. The summed E-state index contributed by atoms with van der Waals surface area (Å²) in [5, 5.41) is 3.41. The van der Waals surface area contributed by atoms with Gasteiger partial charge >= 0.3 is 0 Å². The van der Waals surface area contributed by atoms with E-state index < -0.39 is 0 Å². The summed E-state index contributed by atoms with van der Waals surface area (Å²) in [6.07, 6.45) is 0.868. The van der Waals surface area contributed by atoms with Crippen LogP contribution in [-0.2, 0) is 11.2 Å². The van der Waals surface area contributed by atoms with Crippen molar-refractivity contribution in [1.82, 2.24) is 0 Å². The summed E-state index contributed by atoms with van der Waals surface area (Å²) in [5.74, 6) is 0.381.